The van der Waals surface area contributed by atoms with E-state index in [0.717, 1.165) is 32.8 Å². The first-order valence-corrected chi connectivity index (χ1v) is 10.6. The lowest BCUT2D eigenvalue weighted by atomic mass is 9.95. The minimum Gasteiger partial charge on any atom is -0.502 e. The Kier molecular flexibility index (Phi) is 4.11. The summed E-state index contributed by atoms with van der Waals surface area (Å²) in [6, 6.07) is 15.1. The number of carbonyl (C=O) groups is 1. The summed E-state index contributed by atoms with van der Waals surface area (Å²) >= 11 is 0. The zero-order valence-corrected chi connectivity index (χ0v) is 18.3. The monoisotopic (exact) mass is 443 g/mol. The molecule has 0 bridgehead atoms. The van der Waals surface area contributed by atoms with Crippen molar-refractivity contribution in [2.24, 2.45) is 0 Å². The Balaban J connectivity index is 1.60. The highest BCUT2D eigenvalue weighted by molar-refractivity contribution is 6.30. The zero-order chi connectivity index (χ0) is 22.9. The predicted molar refractivity (Wildman–Crippen MR) is 124 cm³/mol. The number of amides is 1. The van der Waals surface area contributed by atoms with Crippen molar-refractivity contribution < 1.29 is 28.8 Å². The number of ether oxygens (including phenoxy) is 4. The van der Waals surface area contributed by atoms with Gasteiger partial charge < -0.3 is 29.4 Å². The lowest BCUT2D eigenvalue weighted by Crippen LogP contribution is -2.31. The summed E-state index contributed by atoms with van der Waals surface area (Å²) < 4.78 is 23.6. The summed E-state index contributed by atoms with van der Waals surface area (Å²) in [5, 5.41) is 16.9. The van der Waals surface area contributed by atoms with Gasteiger partial charge in [-0.15, -0.1) is 0 Å². The van der Waals surface area contributed by atoms with E-state index < -0.39 is 6.10 Å². The van der Waals surface area contributed by atoms with Crippen LogP contribution >= 0.6 is 0 Å². The number of benzene rings is 4. The Hall–Kier alpha value is -4.13. The molecule has 2 heterocycles. The average molecular weight is 443 g/mol. The fourth-order valence-electron chi connectivity index (χ4n) is 4.83. The van der Waals surface area contributed by atoms with E-state index in [0.29, 0.717) is 17.1 Å². The maximum atomic E-state index is 12.7. The maximum absolute atomic E-state index is 12.7. The van der Waals surface area contributed by atoms with Crippen molar-refractivity contribution in [1.29, 1.82) is 0 Å². The molecule has 2 unspecified atom stereocenters. The molecule has 0 saturated heterocycles. The fraction of sp³-hybridized carbons (Fsp3) is 0.192. The molecular weight excluding hydrogens is 422 g/mol. The molecule has 0 aromatic heterocycles. The fourth-order valence-corrected chi connectivity index (χ4v) is 4.83. The van der Waals surface area contributed by atoms with Crippen molar-refractivity contribution in [2.45, 2.75) is 19.1 Å². The van der Waals surface area contributed by atoms with Gasteiger partial charge in [0.15, 0.2) is 29.1 Å². The number of phenolic OH excluding ortho intramolecular Hbond substituents is 1. The normalized spacial score (nSPS) is 18.5. The van der Waals surface area contributed by atoms with Gasteiger partial charge in [-0.3, -0.25) is 4.79 Å². The summed E-state index contributed by atoms with van der Waals surface area (Å²) in [6.07, 6.45) is -0.873. The van der Waals surface area contributed by atoms with E-state index in [1.165, 1.54) is 14.2 Å². The highest BCUT2D eigenvalue weighted by Crippen LogP contribution is 2.52. The Labute approximate surface area is 189 Å². The third kappa shape index (κ3) is 2.72. The second-order valence-corrected chi connectivity index (χ2v) is 8.24. The third-order valence-electron chi connectivity index (χ3n) is 6.35. The van der Waals surface area contributed by atoms with E-state index in [-0.39, 0.29) is 29.3 Å². The van der Waals surface area contributed by atoms with E-state index in [1.807, 2.05) is 37.3 Å². The molecule has 2 aliphatic heterocycles. The van der Waals surface area contributed by atoms with Crippen LogP contribution in [0.25, 0.3) is 21.5 Å². The first kappa shape index (κ1) is 19.5. The SMILES string of the molecule is COc1cc(C2Oc3c(cc4c5c(cc6ccccc6c35)NC4=O)OC2C)cc(OC)c1O. The predicted octanol–water partition coefficient (Wildman–Crippen LogP) is 5.18. The van der Waals surface area contributed by atoms with Gasteiger partial charge in [0.2, 0.25) is 5.75 Å². The molecule has 0 aliphatic carbocycles. The second-order valence-electron chi connectivity index (χ2n) is 8.24. The van der Waals surface area contributed by atoms with E-state index in [4.69, 9.17) is 18.9 Å². The number of carbonyl (C=O) groups excluding carboxylic acids is 1. The zero-order valence-electron chi connectivity index (χ0n) is 18.3. The van der Waals surface area contributed by atoms with Crippen molar-refractivity contribution in [2.75, 3.05) is 19.5 Å². The van der Waals surface area contributed by atoms with Gasteiger partial charge in [0.05, 0.1) is 25.5 Å². The number of methoxy groups -OCH3 is 2. The lowest BCUT2D eigenvalue weighted by molar-refractivity contribution is 0.0321. The number of fused-ring (bicyclic) bond motifs is 4. The number of hydrogen-bond acceptors (Lipinski definition) is 6. The van der Waals surface area contributed by atoms with E-state index in [9.17, 15) is 9.90 Å². The van der Waals surface area contributed by atoms with Crippen LogP contribution in [0.5, 0.6) is 28.7 Å². The summed E-state index contributed by atoms with van der Waals surface area (Å²) in [4.78, 5) is 12.7. The molecule has 6 rings (SSSR count). The quantitative estimate of drug-likeness (QED) is 0.424. The highest BCUT2D eigenvalue weighted by atomic mass is 16.6. The molecule has 4 aromatic rings. The number of anilines is 1. The van der Waals surface area contributed by atoms with Crippen molar-refractivity contribution >= 4 is 33.1 Å². The molecule has 2 aliphatic rings. The molecule has 7 nitrogen and oxygen atoms in total. The van der Waals surface area contributed by atoms with Gasteiger partial charge >= 0.3 is 0 Å². The topological polar surface area (TPSA) is 86.3 Å². The minimum absolute atomic E-state index is 0.0743. The summed E-state index contributed by atoms with van der Waals surface area (Å²) in [6.45, 7) is 1.90. The molecule has 33 heavy (non-hydrogen) atoms. The summed E-state index contributed by atoms with van der Waals surface area (Å²) in [7, 11) is 2.97. The van der Waals surface area contributed by atoms with Gasteiger partial charge in [0, 0.05) is 16.3 Å². The number of phenols is 1. The van der Waals surface area contributed by atoms with Crippen molar-refractivity contribution in [1.82, 2.24) is 0 Å². The van der Waals surface area contributed by atoms with Crippen LogP contribution in [0, 0.1) is 0 Å². The molecule has 0 radical (unpaired) electrons. The molecule has 0 fully saturated rings. The standard InChI is InChI=1S/C26H21NO6/c1-12-24(14-9-18(30-2)23(28)19(10-14)31-3)33-25-20(32-12)11-16-21-17(27-26(16)29)8-13-6-4-5-7-15(13)22(21)25/h4-12,24,28H,1-3H3,(H,27,29). The smallest absolute Gasteiger partial charge is 0.256 e. The number of hydrogen-bond donors (Lipinski definition) is 2. The van der Waals surface area contributed by atoms with Crippen molar-refractivity contribution in [3.8, 4) is 28.7 Å². The summed E-state index contributed by atoms with van der Waals surface area (Å²) in [5.74, 6) is 1.45. The molecule has 2 N–H and O–H groups in total. The van der Waals surface area contributed by atoms with E-state index >= 15 is 0 Å². The molecule has 4 aromatic carbocycles. The van der Waals surface area contributed by atoms with Crippen molar-refractivity contribution in [3.05, 3.63) is 59.7 Å². The van der Waals surface area contributed by atoms with Crippen molar-refractivity contribution in [3.63, 3.8) is 0 Å². The van der Waals surface area contributed by atoms with Crippen LogP contribution in [0.2, 0.25) is 0 Å². The average Bonchev–Trinajstić information content (AvgIpc) is 3.13. The lowest BCUT2D eigenvalue weighted by Gasteiger charge is -2.33. The van der Waals surface area contributed by atoms with Gasteiger partial charge in [0.25, 0.3) is 5.91 Å². The first-order valence-electron chi connectivity index (χ1n) is 10.6. The second kappa shape index (κ2) is 6.93. The third-order valence-corrected chi connectivity index (χ3v) is 6.35. The molecule has 7 heteroatoms. The summed E-state index contributed by atoms with van der Waals surface area (Å²) in [5.41, 5.74) is 2.08. The van der Waals surface area contributed by atoms with Gasteiger partial charge in [-0.2, -0.15) is 0 Å². The molecule has 2 atom stereocenters. The van der Waals surface area contributed by atoms with E-state index in [2.05, 4.69) is 5.32 Å². The van der Waals surface area contributed by atoms with Crippen LogP contribution in [-0.4, -0.2) is 31.3 Å². The van der Waals surface area contributed by atoms with Crippen LogP contribution in [0.3, 0.4) is 0 Å². The molecule has 166 valence electrons. The van der Waals surface area contributed by atoms with Crippen LogP contribution in [-0.2, 0) is 0 Å². The van der Waals surface area contributed by atoms with Crippen LogP contribution in [0.1, 0.15) is 28.9 Å². The molecule has 1 amide bonds. The van der Waals surface area contributed by atoms with Crippen LogP contribution < -0.4 is 24.3 Å². The number of aromatic hydroxyl groups is 1. The van der Waals surface area contributed by atoms with E-state index in [1.54, 1.807) is 18.2 Å². The van der Waals surface area contributed by atoms with Gasteiger partial charge in [-0.1, -0.05) is 24.3 Å². The largest absolute Gasteiger partial charge is 0.502 e. The minimum atomic E-state index is -0.498. The van der Waals surface area contributed by atoms with Gasteiger partial charge in [-0.05, 0) is 42.0 Å². The van der Waals surface area contributed by atoms with Gasteiger partial charge in [0.1, 0.15) is 6.10 Å². The highest BCUT2D eigenvalue weighted by Gasteiger charge is 2.36. The molecule has 0 spiro atoms. The van der Waals surface area contributed by atoms with Gasteiger partial charge in [-0.25, -0.2) is 0 Å². The molecule has 0 saturated carbocycles. The Bertz CT molecular complexity index is 1450. The Morgan fingerprint density at radius 2 is 1.70 bits per heavy atom. The Morgan fingerprint density at radius 3 is 2.42 bits per heavy atom. The number of rotatable bonds is 3. The number of nitrogens with one attached hydrogen (secondary N) is 1. The maximum Gasteiger partial charge on any atom is 0.256 e. The van der Waals surface area contributed by atoms with Crippen LogP contribution in [0.15, 0.2) is 48.5 Å². The first-order chi connectivity index (χ1) is 16.0. The van der Waals surface area contributed by atoms with Crippen LogP contribution in [0.4, 0.5) is 5.69 Å². The Morgan fingerprint density at radius 1 is 0.970 bits per heavy atom. The molecular formula is C26H21NO6.